The molecule has 5 nitrogen and oxygen atoms in total. The van der Waals surface area contributed by atoms with E-state index in [-0.39, 0.29) is 29.9 Å². The molecule has 4 atom stereocenters. The molecule has 0 bridgehead atoms. The number of nitrogens with zero attached hydrogens (tertiary/aromatic N) is 1. The number of nitrogens with one attached hydrogen (secondary N) is 2. The number of guanidine groups is 1. The quantitative estimate of drug-likeness (QED) is 0.561. The van der Waals surface area contributed by atoms with Crippen LogP contribution in [0.2, 0.25) is 5.02 Å². The van der Waals surface area contributed by atoms with Crippen molar-refractivity contribution in [1.82, 2.24) is 10.6 Å². The maximum Gasteiger partial charge on any atom is 0.191 e. The van der Waals surface area contributed by atoms with Gasteiger partial charge in [0.1, 0.15) is 5.82 Å². The number of hydrogen-bond donors (Lipinski definition) is 2. The Morgan fingerprint density at radius 1 is 1.50 bits per heavy atom. The van der Waals surface area contributed by atoms with E-state index in [0.29, 0.717) is 30.3 Å². The van der Waals surface area contributed by atoms with E-state index in [2.05, 4.69) is 22.5 Å². The summed E-state index contributed by atoms with van der Waals surface area (Å²) in [6.45, 7) is 6.74. The van der Waals surface area contributed by atoms with Crippen LogP contribution in [0.25, 0.3) is 0 Å². The molecule has 0 aromatic heterocycles. The van der Waals surface area contributed by atoms with Crippen LogP contribution in [-0.2, 0) is 9.47 Å². The third kappa shape index (κ3) is 5.09. The molecule has 1 saturated carbocycles. The predicted molar refractivity (Wildman–Crippen MR) is 101 cm³/mol. The van der Waals surface area contributed by atoms with Crippen LogP contribution in [0.15, 0.2) is 23.2 Å². The first-order valence-corrected chi connectivity index (χ1v) is 9.67. The molecule has 3 rings (SSSR count). The summed E-state index contributed by atoms with van der Waals surface area (Å²) in [5.41, 5.74) is 0.597. The molecule has 1 aromatic rings. The summed E-state index contributed by atoms with van der Waals surface area (Å²) < 4.78 is 25.2. The normalized spacial score (nSPS) is 26.6. The van der Waals surface area contributed by atoms with Crippen LogP contribution in [0.3, 0.4) is 0 Å². The largest absolute Gasteiger partial charge is 0.379 e. The van der Waals surface area contributed by atoms with Crippen molar-refractivity contribution in [3.8, 4) is 0 Å². The van der Waals surface area contributed by atoms with Crippen LogP contribution in [-0.4, -0.2) is 50.5 Å². The number of rotatable bonds is 7. The second-order valence-electron chi connectivity index (χ2n) is 6.92. The minimum absolute atomic E-state index is 0.0785. The molecule has 1 aliphatic heterocycles. The molecule has 0 radical (unpaired) electrons. The van der Waals surface area contributed by atoms with Gasteiger partial charge in [-0.25, -0.2) is 4.39 Å². The highest BCUT2D eigenvalue weighted by Crippen LogP contribution is 2.44. The van der Waals surface area contributed by atoms with Gasteiger partial charge >= 0.3 is 0 Å². The van der Waals surface area contributed by atoms with E-state index in [1.165, 1.54) is 6.07 Å². The molecule has 4 unspecified atom stereocenters. The van der Waals surface area contributed by atoms with Gasteiger partial charge in [0.15, 0.2) is 5.96 Å². The van der Waals surface area contributed by atoms with Gasteiger partial charge < -0.3 is 20.1 Å². The standard InChI is InChI=1S/C19H27ClFN3O2/c1-3-22-19(23-12(2)10-26-13-7-8-25-11-13)24-17-9-14(17)18-15(20)5-4-6-16(18)21/h4-6,12-14,17H,3,7-11H2,1-2H3,(H2,22,23,24). The molecule has 144 valence electrons. The minimum Gasteiger partial charge on any atom is -0.379 e. The summed E-state index contributed by atoms with van der Waals surface area (Å²) in [6.07, 6.45) is 1.98. The Bertz CT molecular complexity index is 617. The molecule has 1 aliphatic carbocycles. The van der Waals surface area contributed by atoms with Crippen molar-refractivity contribution in [3.63, 3.8) is 0 Å². The lowest BCUT2D eigenvalue weighted by Crippen LogP contribution is -2.45. The van der Waals surface area contributed by atoms with Crippen LogP contribution < -0.4 is 10.6 Å². The van der Waals surface area contributed by atoms with Gasteiger partial charge in [-0.05, 0) is 38.8 Å². The fourth-order valence-electron chi connectivity index (χ4n) is 3.20. The summed E-state index contributed by atoms with van der Waals surface area (Å²) in [6, 6.07) is 5.08. The zero-order chi connectivity index (χ0) is 18.5. The fraction of sp³-hybridized carbons (Fsp3) is 0.632. The highest BCUT2D eigenvalue weighted by molar-refractivity contribution is 6.31. The van der Waals surface area contributed by atoms with Crippen LogP contribution in [0.5, 0.6) is 0 Å². The third-order valence-electron chi connectivity index (χ3n) is 4.65. The molecule has 0 amide bonds. The van der Waals surface area contributed by atoms with E-state index >= 15 is 0 Å². The molecular formula is C19H27ClFN3O2. The average molecular weight is 384 g/mol. The molecular weight excluding hydrogens is 357 g/mol. The Morgan fingerprint density at radius 3 is 3.04 bits per heavy atom. The number of ether oxygens (including phenoxy) is 2. The maximum absolute atomic E-state index is 14.1. The Balaban J connectivity index is 1.50. The van der Waals surface area contributed by atoms with Crippen LogP contribution in [0.1, 0.15) is 38.2 Å². The first kappa shape index (κ1) is 19.4. The van der Waals surface area contributed by atoms with Crippen molar-refractivity contribution in [3.05, 3.63) is 34.6 Å². The lowest BCUT2D eigenvalue weighted by Gasteiger charge is -2.20. The molecule has 1 aromatic carbocycles. The molecule has 0 spiro atoms. The van der Waals surface area contributed by atoms with Gasteiger partial charge in [-0.2, -0.15) is 0 Å². The summed E-state index contributed by atoms with van der Waals surface area (Å²) >= 11 is 6.17. The lowest BCUT2D eigenvalue weighted by atomic mass is 10.1. The highest BCUT2D eigenvalue weighted by atomic mass is 35.5. The first-order valence-electron chi connectivity index (χ1n) is 9.29. The third-order valence-corrected chi connectivity index (χ3v) is 4.98. The van der Waals surface area contributed by atoms with E-state index in [4.69, 9.17) is 21.1 Å². The molecule has 2 fully saturated rings. The molecule has 1 saturated heterocycles. The highest BCUT2D eigenvalue weighted by Gasteiger charge is 2.42. The van der Waals surface area contributed by atoms with Gasteiger partial charge in [0.05, 0.1) is 19.3 Å². The first-order chi connectivity index (χ1) is 12.6. The Morgan fingerprint density at radius 2 is 2.35 bits per heavy atom. The number of benzene rings is 1. The van der Waals surface area contributed by atoms with E-state index in [1.807, 2.05) is 6.92 Å². The Kier molecular flexibility index (Phi) is 6.73. The Labute approximate surface area is 159 Å². The second-order valence-corrected chi connectivity index (χ2v) is 7.32. The van der Waals surface area contributed by atoms with Gasteiger partial charge in [-0.1, -0.05) is 17.7 Å². The summed E-state index contributed by atoms with van der Waals surface area (Å²) in [5.74, 6) is 0.565. The predicted octanol–water partition coefficient (Wildman–Crippen LogP) is 3.08. The minimum atomic E-state index is -0.241. The van der Waals surface area contributed by atoms with Crippen molar-refractivity contribution >= 4 is 17.6 Å². The smallest absolute Gasteiger partial charge is 0.191 e. The van der Waals surface area contributed by atoms with E-state index in [9.17, 15) is 4.39 Å². The van der Waals surface area contributed by atoms with Crippen molar-refractivity contribution in [2.75, 3.05) is 26.4 Å². The van der Waals surface area contributed by atoms with E-state index in [0.717, 1.165) is 25.4 Å². The van der Waals surface area contributed by atoms with E-state index in [1.54, 1.807) is 12.1 Å². The van der Waals surface area contributed by atoms with Crippen LogP contribution in [0, 0.1) is 5.82 Å². The fourth-order valence-corrected chi connectivity index (χ4v) is 3.51. The lowest BCUT2D eigenvalue weighted by molar-refractivity contribution is 0.0347. The summed E-state index contributed by atoms with van der Waals surface area (Å²) in [4.78, 5) is 4.48. The van der Waals surface area contributed by atoms with Crippen LogP contribution >= 0.6 is 11.6 Å². The Hall–Kier alpha value is -1.37. The van der Waals surface area contributed by atoms with Crippen molar-refractivity contribution < 1.29 is 13.9 Å². The molecule has 26 heavy (non-hydrogen) atoms. The number of hydrogen-bond acceptors (Lipinski definition) is 3. The van der Waals surface area contributed by atoms with Gasteiger partial charge in [-0.3, -0.25) is 4.99 Å². The van der Waals surface area contributed by atoms with E-state index < -0.39 is 0 Å². The van der Waals surface area contributed by atoms with Gasteiger partial charge in [0.2, 0.25) is 0 Å². The zero-order valence-corrected chi connectivity index (χ0v) is 16.1. The average Bonchev–Trinajstić information content (AvgIpc) is 3.13. The molecule has 1 heterocycles. The summed E-state index contributed by atoms with van der Waals surface area (Å²) in [7, 11) is 0. The molecule has 2 N–H and O–H groups in total. The topological polar surface area (TPSA) is 54.9 Å². The zero-order valence-electron chi connectivity index (χ0n) is 15.3. The van der Waals surface area contributed by atoms with Crippen molar-refractivity contribution in [2.45, 2.75) is 50.8 Å². The summed E-state index contributed by atoms with van der Waals surface area (Å²) in [5, 5.41) is 7.24. The monoisotopic (exact) mass is 383 g/mol. The maximum atomic E-state index is 14.1. The number of aliphatic imine (C=N–C) groups is 1. The molecule has 2 aliphatic rings. The van der Waals surface area contributed by atoms with Crippen molar-refractivity contribution in [1.29, 1.82) is 0 Å². The van der Waals surface area contributed by atoms with Gasteiger partial charge in [0, 0.05) is 41.7 Å². The number of halogens is 2. The second kappa shape index (κ2) is 9.02. The van der Waals surface area contributed by atoms with Crippen molar-refractivity contribution in [2.24, 2.45) is 4.99 Å². The van der Waals surface area contributed by atoms with Gasteiger partial charge in [-0.15, -0.1) is 0 Å². The van der Waals surface area contributed by atoms with Gasteiger partial charge in [0.25, 0.3) is 0 Å². The van der Waals surface area contributed by atoms with Crippen LogP contribution in [0.4, 0.5) is 4.39 Å². The molecule has 7 heteroatoms. The SMILES string of the molecule is CCN=C(NC(C)COC1CCOC1)NC1CC1c1c(F)cccc1Cl.